The molecule has 1 saturated heterocycles. The van der Waals surface area contributed by atoms with Crippen molar-refractivity contribution in [2.75, 3.05) is 30.4 Å². The summed E-state index contributed by atoms with van der Waals surface area (Å²) in [5.74, 6) is 1.17. The maximum atomic E-state index is 13.2. The SMILES string of the molecule is CC(C)n1cnc2c(N(C)Cc3ccc(F)cc3)nc(NC3CCNCC3)nc21. The van der Waals surface area contributed by atoms with Gasteiger partial charge in [0.25, 0.3) is 0 Å². The Morgan fingerprint density at radius 3 is 2.62 bits per heavy atom. The summed E-state index contributed by atoms with van der Waals surface area (Å²) in [6, 6.07) is 7.17. The van der Waals surface area contributed by atoms with Crippen molar-refractivity contribution in [1.29, 1.82) is 0 Å². The molecule has 0 saturated carbocycles. The van der Waals surface area contributed by atoms with E-state index < -0.39 is 0 Å². The minimum atomic E-state index is -0.232. The lowest BCUT2D eigenvalue weighted by Crippen LogP contribution is -2.35. The van der Waals surface area contributed by atoms with Gasteiger partial charge in [0, 0.05) is 25.7 Å². The van der Waals surface area contributed by atoms with E-state index in [0.29, 0.717) is 18.5 Å². The van der Waals surface area contributed by atoms with Gasteiger partial charge in [0.2, 0.25) is 5.95 Å². The zero-order chi connectivity index (χ0) is 20.4. The number of imidazole rings is 1. The highest BCUT2D eigenvalue weighted by Crippen LogP contribution is 2.27. The first-order valence-electron chi connectivity index (χ1n) is 10.2. The van der Waals surface area contributed by atoms with Crippen LogP contribution in [0.2, 0.25) is 0 Å². The largest absolute Gasteiger partial charge is 0.353 e. The number of hydrogen-bond acceptors (Lipinski definition) is 6. The number of aromatic nitrogens is 4. The maximum absolute atomic E-state index is 13.2. The molecule has 8 heteroatoms. The van der Waals surface area contributed by atoms with E-state index in [0.717, 1.165) is 48.5 Å². The molecular formula is C21H28FN7. The highest BCUT2D eigenvalue weighted by Gasteiger charge is 2.20. The van der Waals surface area contributed by atoms with Gasteiger partial charge < -0.3 is 20.1 Å². The van der Waals surface area contributed by atoms with Crippen LogP contribution in [0.4, 0.5) is 16.2 Å². The molecule has 2 N–H and O–H groups in total. The van der Waals surface area contributed by atoms with Gasteiger partial charge in [-0.2, -0.15) is 9.97 Å². The zero-order valence-electron chi connectivity index (χ0n) is 17.2. The molecule has 1 aliphatic rings. The van der Waals surface area contributed by atoms with Gasteiger partial charge in [0.1, 0.15) is 5.82 Å². The fourth-order valence-electron chi connectivity index (χ4n) is 3.70. The standard InChI is InChI=1S/C21H28FN7/c1-14(2)29-13-24-18-19(28(3)12-15-4-6-16(22)7-5-15)26-21(27-20(18)29)25-17-8-10-23-11-9-17/h4-7,13-14,17,23H,8-12H2,1-3H3,(H,25,26,27). The van der Waals surface area contributed by atoms with E-state index in [2.05, 4.69) is 34.0 Å². The van der Waals surface area contributed by atoms with Crippen LogP contribution in [0.15, 0.2) is 30.6 Å². The lowest BCUT2D eigenvalue weighted by molar-refractivity contribution is 0.477. The quantitative estimate of drug-likeness (QED) is 0.665. The van der Waals surface area contributed by atoms with Crippen LogP contribution in [0.1, 0.15) is 38.3 Å². The van der Waals surface area contributed by atoms with Crippen LogP contribution < -0.4 is 15.5 Å². The summed E-state index contributed by atoms with van der Waals surface area (Å²) in [6.45, 7) is 6.84. The van der Waals surface area contributed by atoms with Crippen molar-refractivity contribution in [2.45, 2.75) is 45.3 Å². The Kier molecular flexibility index (Phi) is 5.62. The van der Waals surface area contributed by atoms with E-state index >= 15 is 0 Å². The molecule has 3 aromatic rings. The fraction of sp³-hybridized carbons (Fsp3) is 0.476. The third-order valence-electron chi connectivity index (χ3n) is 5.33. The van der Waals surface area contributed by atoms with Crippen molar-refractivity contribution in [2.24, 2.45) is 0 Å². The fourth-order valence-corrected chi connectivity index (χ4v) is 3.70. The number of benzene rings is 1. The highest BCUT2D eigenvalue weighted by atomic mass is 19.1. The number of fused-ring (bicyclic) bond motifs is 1. The predicted molar refractivity (Wildman–Crippen MR) is 114 cm³/mol. The number of anilines is 2. The molecule has 7 nitrogen and oxygen atoms in total. The average Bonchev–Trinajstić information content (AvgIpc) is 3.14. The monoisotopic (exact) mass is 397 g/mol. The lowest BCUT2D eigenvalue weighted by atomic mass is 10.1. The Labute approximate surface area is 170 Å². The molecule has 154 valence electrons. The number of hydrogen-bond donors (Lipinski definition) is 2. The Morgan fingerprint density at radius 2 is 1.93 bits per heavy atom. The third kappa shape index (κ3) is 4.32. The van der Waals surface area contributed by atoms with Crippen molar-refractivity contribution in [3.8, 4) is 0 Å². The molecule has 2 aromatic heterocycles. The zero-order valence-corrected chi connectivity index (χ0v) is 17.2. The van der Waals surface area contributed by atoms with E-state index in [1.165, 1.54) is 12.1 Å². The summed E-state index contributed by atoms with van der Waals surface area (Å²) in [5, 5.41) is 6.90. The lowest BCUT2D eigenvalue weighted by Gasteiger charge is -2.25. The summed E-state index contributed by atoms with van der Waals surface area (Å²) in [7, 11) is 1.98. The van der Waals surface area contributed by atoms with Gasteiger partial charge in [-0.1, -0.05) is 12.1 Å². The van der Waals surface area contributed by atoms with Crippen LogP contribution in [0.5, 0.6) is 0 Å². The molecule has 0 atom stereocenters. The molecule has 0 unspecified atom stereocenters. The number of nitrogens with one attached hydrogen (secondary N) is 2. The van der Waals surface area contributed by atoms with Gasteiger partial charge in [0.05, 0.1) is 6.33 Å². The molecule has 0 amide bonds. The normalized spacial score (nSPS) is 15.2. The number of nitrogens with zero attached hydrogens (tertiary/aromatic N) is 5. The van der Waals surface area contributed by atoms with Gasteiger partial charge in [0.15, 0.2) is 17.0 Å². The van der Waals surface area contributed by atoms with Gasteiger partial charge >= 0.3 is 0 Å². The molecule has 1 aliphatic heterocycles. The van der Waals surface area contributed by atoms with Crippen molar-refractivity contribution < 1.29 is 4.39 Å². The molecule has 0 spiro atoms. The van der Waals surface area contributed by atoms with E-state index in [-0.39, 0.29) is 11.9 Å². The van der Waals surface area contributed by atoms with E-state index in [1.54, 1.807) is 12.1 Å². The Morgan fingerprint density at radius 1 is 1.21 bits per heavy atom. The van der Waals surface area contributed by atoms with E-state index in [9.17, 15) is 4.39 Å². The maximum Gasteiger partial charge on any atom is 0.227 e. The van der Waals surface area contributed by atoms with Crippen LogP contribution in [-0.2, 0) is 6.54 Å². The highest BCUT2D eigenvalue weighted by molar-refractivity contribution is 5.85. The Balaban J connectivity index is 1.69. The van der Waals surface area contributed by atoms with Gasteiger partial charge in [-0.3, -0.25) is 0 Å². The van der Waals surface area contributed by atoms with Crippen LogP contribution in [0.25, 0.3) is 11.2 Å². The molecule has 1 aromatic carbocycles. The topological polar surface area (TPSA) is 70.9 Å². The minimum absolute atomic E-state index is 0.232. The predicted octanol–water partition coefficient (Wildman–Crippen LogP) is 3.35. The first kappa shape index (κ1) is 19.6. The molecule has 1 fully saturated rings. The summed E-state index contributed by atoms with van der Waals surface area (Å²) in [4.78, 5) is 16.3. The first-order chi connectivity index (χ1) is 14.0. The Bertz CT molecular complexity index is 961. The van der Waals surface area contributed by atoms with Crippen LogP contribution in [-0.4, -0.2) is 45.7 Å². The van der Waals surface area contributed by atoms with Gasteiger partial charge in [-0.15, -0.1) is 0 Å². The molecule has 4 rings (SSSR count). The molecule has 0 radical (unpaired) electrons. The molecule has 3 heterocycles. The minimum Gasteiger partial charge on any atom is -0.353 e. The molecule has 0 bridgehead atoms. The number of piperidine rings is 1. The van der Waals surface area contributed by atoms with Crippen LogP contribution in [0.3, 0.4) is 0 Å². The molecule has 29 heavy (non-hydrogen) atoms. The number of rotatable bonds is 6. The summed E-state index contributed by atoms with van der Waals surface area (Å²) < 4.78 is 15.3. The van der Waals surface area contributed by atoms with Crippen molar-refractivity contribution in [1.82, 2.24) is 24.8 Å². The van der Waals surface area contributed by atoms with Crippen LogP contribution in [0, 0.1) is 5.82 Å². The van der Waals surface area contributed by atoms with Crippen molar-refractivity contribution in [3.63, 3.8) is 0 Å². The second kappa shape index (κ2) is 8.32. The first-order valence-corrected chi connectivity index (χ1v) is 10.2. The van der Waals surface area contributed by atoms with Gasteiger partial charge in [-0.25, -0.2) is 9.37 Å². The third-order valence-corrected chi connectivity index (χ3v) is 5.33. The van der Waals surface area contributed by atoms with Crippen LogP contribution >= 0.6 is 0 Å². The number of halogens is 1. The van der Waals surface area contributed by atoms with E-state index in [4.69, 9.17) is 9.97 Å². The second-order valence-corrected chi connectivity index (χ2v) is 7.94. The van der Waals surface area contributed by atoms with Crippen molar-refractivity contribution in [3.05, 3.63) is 42.0 Å². The second-order valence-electron chi connectivity index (χ2n) is 7.94. The summed E-state index contributed by atoms with van der Waals surface area (Å²) in [6.07, 6.45) is 3.92. The molecule has 0 aliphatic carbocycles. The van der Waals surface area contributed by atoms with E-state index in [1.807, 2.05) is 18.3 Å². The Hall–Kier alpha value is -2.74. The summed E-state index contributed by atoms with van der Waals surface area (Å²) in [5.41, 5.74) is 2.61. The average molecular weight is 398 g/mol. The van der Waals surface area contributed by atoms with Gasteiger partial charge in [-0.05, 0) is 57.5 Å². The summed E-state index contributed by atoms with van der Waals surface area (Å²) >= 11 is 0. The molecular weight excluding hydrogens is 369 g/mol. The smallest absolute Gasteiger partial charge is 0.227 e. The van der Waals surface area contributed by atoms with Crippen molar-refractivity contribution >= 4 is 22.9 Å².